The molecule has 0 atom stereocenters. The SMILES string of the molecule is CON=C(C)C(=NOCc1ccccc1)C(=O)OC. The lowest BCUT2D eigenvalue weighted by Gasteiger charge is -2.04. The van der Waals surface area contributed by atoms with Gasteiger partial charge in [-0.1, -0.05) is 40.6 Å². The van der Waals surface area contributed by atoms with E-state index in [1.807, 2.05) is 30.3 Å². The van der Waals surface area contributed by atoms with E-state index in [1.54, 1.807) is 6.92 Å². The lowest BCUT2D eigenvalue weighted by molar-refractivity contribution is -0.132. The number of methoxy groups -OCH3 is 1. The molecule has 6 heteroatoms. The zero-order valence-corrected chi connectivity index (χ0v) is 11.1. The molecular formula is C13H16N2O4. The molecule has 0 spiro atoms. The predicted molar refractivity (Wildman–Crippen MR) is 70.8 cm³/mol. The van der Waals surface area contributed by atoms with Crippen LogP contribution in [-0.4, -0.2) is 31.6 Å². The van der Waals surface area contributed by atoms with Crippen LogP contribution in [0.15, 0.2) is 40.6 Å². The van der Waals surface area contributed by atoms with Crippen LogP contribution in [-0.2, 0) is 25.8 Å². The third-order valence-corrected chi connectivity index (χ3v) is 2.18. The number of carbonyl (C=O) groups is 1. The number of carbonyl (C=O) groups excluding carboxylic acids is 1. The van der Waals surface area contributed by atoms with Crippen molar-refractivity contribution < 1.29 is 19.2 Å². The van der Waals surface area contributed by atoms with E-state index in [4.69, 9.17) is 4.84 Å². The standard InChI is InChI=1S/C13H16N2O4/c1-10(14-18-3)12(13(16)17-2)15-19-9-11-7-5-4-6-8-11/h4-8H,9H2,1-3H3. The van der Waals surface area contributed by atoms with Crippen LogP contribution < -0.4 is 0 Å². The smallest absolute Gasteiger partial charge is 0.362 e. The quantitative estimate of drug-likeness (QED) is 0.446. The third kappa shape index (κ3) is 4.79. The highest BCUT2D eigenvalue weighted by Gasteiger charge is 2.17. The minimum atomic E-state index is -0.633. The second-order valence-corrected chi connectivity index (χ2v) is 3.55. The molecule has 0 fully saturated rings. The highest BCUT2D eigenvalue weighted by molar-refractivity contribution is 6.65. The first-order valence-corrected chi connectivity index (χ1v) is 5.59. The van der Waals surface area contributed by atoms with E-state index in [0.717, 1.165) is 5.56 Å². The number of hydrogen-bond donors (Lipinski definition) is 0. The second kappa shape index (κ2) is 7.86. The van der Waals surface area contributed by atoms with Gasteiger partial charge >= 0.3 is 5.97 Å². The maximum absolute atomic E-state index is 11.5. The Labute approximate surface area is 111 Å². The molecule has 0 unspecified atom stereocenters. The molecule has 1 aromatic carbocycles. The van der Waals surface area contributed by atoms with E-state index in [1.165, 1.54) is 14.2 Å². The number of ether oxygens (including phenoxy) is 1. The summed E-state index contributed by atoms with van der Waals surface area (Å²) in [5.74, 6) is -0.633. The largest absolute Gasteiger partial charge is 0.464 e. The van der Waals surface area contributed by atoms with E-state index >= 15 is 0 Å². The molecule has 6 nitrogen and oxygen atoms in total. The van der Waals surface area contributed by atoms with Crippen LogP contribution in [0, 0.1) is 0 Å². The predicted octanol–water partition coefficient (Wildman–Crippen LogP) is 1.75. The highest BCUT2D eigenvalue weighted by Crippen LogP contribution is 2.01. The van der Waals surface area contributed by atoms with E-state index in [2.05, 4.69) is 19.9 Å². The van der Waals surface area contributed by atoms with Crippen LogP contribution in [0.1, 0.15) is 12.5 Å². The fourth-order valence-corrected chi connectivity index (χ4v) is 1.27. The number of hydrogen-bond acceptors (Lipinski definition) is 6. The van der Waals surface area contributed by atoms with Crippen LogP contribution >= 0.6 is 0 Å². The summed E-state index contributed by atoms with van der Waals surface area (Å²) in [6.07, 6.45) is 0. The van der Waals surface area contributed by atoms with Crippen molar-refractivity contribution in [3.05, 3.63) is 35.9 Å². The Balaban J connectivity index is 2.73. The number of oxime groups is 2. The molecule has 0 radical (unpaired) electrons. The fourth-order valence-electron chi connectivity index (χ4n) is 1.27. The van der Waals surface area contributed by atoms with Gasteiger partial charge in [0, 0.05) is 0 Å². The minimum Gasteiger partial charge on any atom is -0.464 e. The Hall–Kier alpha value is -2.37. The van der Waals surface area contributed by atoms with Gasteiger partial charge in [-0.2, -0.15) is 0 Å². The molecule has 0 aromatic heterocycles. The van der Waals surface area contributed by atoms with Crippen molar-refractivity contribution in [1.82, 2.24) is 0 Å². The van der Waals surface area contributed by atoms with Crippen molar-refractivity contribution in [2.24, 2.45) is 10.3 Å². The summed E-state index contributed by atoms with van der Waals surface area (Å²) < 4.78 is 4.60. The van der Waals surface area contributed by atoms with Crippen LogP contribution in [0.5, 0.6) is 0 Å². The molecule has 0 amide bonds. The Morgan fingerprint density at radius 1 is 1.16 bits per heavy atom. The van der Waals surface area contributed by atoms with Gasteiger partial charge in [0.15, 0.2) is 0 Å². The molecule has 1 aromatic rings. The lowest BCUT2D eigenvalue weighted by Crippen LogP contribution is -2.24. The van der Waals surface area contributed by atoms with Crippen LogP contribution in [0.3, 0.4) is 0 Å². The average Bonchev–Trinajstić information content (AvgIpc) is 2.44. The zero-order chi connectivity index (χ0) is 14.1. The van der Waals surface area contributed by atoms with Gasteiger partial charge in [0.05, 0.1) is 7.11 Å². The van der Waals surface area contributed by atoms with E-state index in [-0.39, 0.29) is 18.0 Å². The third-order valence-electron chi connectivity index (χ3n) is 2.18. The molecule has 0 bridgehead atoms. The Morgan fingerprint density at radius 3 is 2.42 bits per heavy atom. The van der Waals surface area contributed by atoms with Gasteiger partial charge in [-0.3, -0.25) is 0 Å². The summed E-state index contributed by atoms with van der Waals surface area (Å²) in [6.45, 7) is 1.83. The summed E-state index contributed by atoms with van der Waals surface area (Å²) in [4.78, 5) is 21.2. The highest BCUT2D eigenvalue weighted by atomic mass is 16.6. The van der Waals surface area contributed by atoms with Crippen molar-refractivity contribution in [3.63, 3.8) is 0 Å². The van der Waals surface area contributed by atoms with Crippen molar-refractivity contribution >= 4 is 17.4 Å². The Kier molecular flexibility index (Phi) is 6.08. The Bertz CT molecular complexity index is 469. The summed E-state index contributed by atoms with van der Waals surface area (Å²) >= 11 is 0. The molecule has 19 heavy (non-hydrogen) atoms. The molecule has 0 aliphatic heterocycles. The summed E-state index contributed by atoms with van der Waals surface area (Å²) in [5.41, 5.74) is 1.19. The van der Waals surface area contributed by atoms with E-state index in [0.29, 0.717) is 0 Å². The van der Waals surface area contributed by atoms with Crippen molar-refractivity contribution in [3.8, 4) is 0 Å². The first-order chi connectivity index (χ1) is 9.19. The summed E-state index contributed by atoms with van der Waals surface area (Å²) in [5, 5.41) is 7.36. The second-order valence-electron chi connectivity index (χ2n) is 3.55. The van der Waals surface area contributed by atoms with E-state index < -0.39 is 5.97 Å². The monoisotopic (exact) mass is 264 g/mol. The number of esters is 1. The molecule has 0 aliphatic rings. The van der Waals surface area contributed by atoms with Gasteiger partial charge in [-0.15, -0.1) is 0 Å². The number of rotatable bonds is 6. The zero-order valence-electron chi connectivity index (χ0n) is 11.1. The van der Waals surface area contributed by atoms with E-state index in [9.17, 15) is 4.79 Å². The summed E-state index contributed by atoms with van der Waals surface area (Å²) in [7, 11) is 2.64. The maximum Gasteiger partial charge on any atom is 0.362 e. The normalized spacial score (nSPS) is 11.9. The molecule has 0 heterocycles. The van der Waals surface area contributed by atoms with Gasteiger partial charge in [0.1, 0.15) is 19.4 Å². The van der Waals surface area contributed by atoms with Gasteiger partial charge in [0.2, 0.25) is 5.71 Å². The molecule has 0 saturated carbocycles. The van der Waals surface area contributed by atoms with Gasteiger partial charge in [-0.25, -0.2) is 4.79 Å². The van der Waals surface area contributed by atoms with Crippen molar-refractivity contribution in [2.75, 3.05) is 14.2 Å². The number of nitrogens with zero attached hydrogens (tertiary/aromatic N) is 2. The topological polar surface area (TPSA) is 69.5 Å². The first-order valence-electron chi connectivity index (χ1n) is 5.59. The van der Waals surface area contributed by atoms with Crippen LogP contribution in [0.2, 0.25) is 0 Å². The minimum absolute atomic E-state index is 0.0275. The first kappa shape index (κ1) is 14.7. The van der Waals surface area contributed by atoms with Crippen LogP contribution in [0.25, 0.3) is 0 Å². The van der Waals surface area contributed by atoms with Crippen molar-refractivity contribution in [2.45, 2.75) is 13.5 Å². The molecule has 102 valence electrons. The van der Waals surface area contributed by atoms with Gasteiger partial charge in [-0.05, 0) is 12.5 Å². The molecule has 0 saturated heterocycles. The van der Waals surface area contributed by atoms with Crippen LogP contribution in [0.4, 0.5) is 0 Å². The van der Waals surface area contributed by atoms with Gasteiger partial charge < -0.3 is 14.4 Å². The average molecular weight is 264 g/mol. The summed E-state index contributed by atoms with van der Waals surface area (Å²) in [6, 6.07) is 9.47. The Morgan fingerprint density at radius 2 is 1.84 bits per heavy atom. The molecular weight excluding hydrogens is 248 g/mol. The fraction of sp³-hybridized carbons (Fsp3) is 0.308. The lowest BCUT2D eigenvalue weighted by atomic mass is 10.2. The van der Waals surface area contributed by atoms with Gasteiger partial charge in [0.25, 0.3) is 0 Å². The molecule has 1 rings (SSSR count). The molecule has 0 N–H and O–H groups in total. The maximum atomic E-state index is 11.5. The number of benzene rings is 1. The van der Waals surface area contributed by atoms with Crippen molar-refractivity contribution in [1.29, 1.82) is 0 Å². The molecule has 0 aliphatic carbocycles.